The van der Waals surface area contributed by atoms with Crippen LogP contribution in [-0.4, -0.2) is 21.7 Å². The molecule has 2 aromatic carbocycles. The van der Waals surface area contributed by atoms with Crippen molar-refractivity contribution >= 4 is 29.0 Å². The van der Waals surface area contributed by atoms with Crippen LogP contribution < -0.4 is 5.32 Å². The number of nitrogens with one attached hydrogen (secondary N) is 2. The summed E-state index contributed by atoms with van der Waals surface area (Å²) in [6.45, 7) is 0. The Morgan fingerprint density at radius 1 is 1.04 bits per heavy atom. The first-order chi connectivity index (χ1) is 11.7. The number of amides is 1. The quantitative estimate of drug-likeness (QED) is 0.576. The zero-order valence-corrected chi connectivity index (χ0v) is 12.6. The fraction of sp³-hybridized carbons (Fsp3) is 0. The lowest BCUT2D eigenvalue weighted by Crippen LogP contribution is -2.04. The minimum absolute atomic E-state index is 0.0707. The molecule has 0 atom stereocenters. The minimum atomic E-state index is -0.191. The third-order valence-electron chi connectivity index (χ3n) is 3.92. The van der Waals surface area contributed by atoms with Gasteiger partial charge in [0.15, 0.2) is 5.78 Å². The molecule has 116 valence electrons. The number of hydrogen-bond donors (Lipinski definition) is 2. The molecule has 0 saturated carbocycles. The van der Waals surface area contributed by atoms with Gasteiger partial charge in [0.2, 0.25) is 0 Å². The van der Waals surface area contributed by atoms with Gasteiger partial charge in [0, 0.05) is 22.4 Å². The molecule has 1 aliphatic rings. The Balaban J connectivity index is 1.72. The van der Waals surface area contributed by atoms with E-state index in [4.69, 9.17) is 0 Å². The summed E-state index contributed by atoms with van der Waals surface area (Å²) in [5.74, 6) is -0.262. The summed E-state index contributed by atoms with van der Waals surface area (Å²) >= 11 is 0. The first-order valence-electron chi connectivity index (χ1n) is 7.48. The Morgan fingerprint density at radius 2 is 1.88 bits per heavy atom. The SMILES string of the molecule is O=C1Nc2cc(C(=O)c3ccccc3)ccc2/C1=C/c1cnc[nH]1. The van der Waals surface area contributed by atoms with Crippen molar-refractivity contribution in [3.63, 3.8) is 0 Å². The van der Waals surface area contributed by atoms with Crippen LogP contribution in [0.3, 0.4) is 0 Å². The van der Waals surface area contributed by atoms with Crippen LogP contribution in [0.5, 0.6) is 0 Å². The Hall–Kier alpha value is -3.47. The van der Waals surface area contributed by atoms with E-state index in [1.807, 2.05) is 18.2 Å². The molecule has 5 heteroatoms. The van der Waals surface area contributed by atoms with E-state index in [0.29, 0.717) is 22.4 Å². The van der Waals surface area contributed by atoms with Crippen LogP contribution in [0.15, 0.2) is 61.1 Å². The van der Waals surface area contributed by atoms with Crippen molar-refractivity contribution in [2.45, 2.75) is 0 Å². The molecule has 2 N–H and O–H groups in total. The lowest BCUT2D eigenvalue weighted by atomic mass is 9.99. The largest absolute Gasteiger partial charge is 0.345 e. The van der Waals surface area contributed by atoms with E-state index in [1.165, 1.54) is 0 Å². The smallest absolute Gasteiger partial charge is 0.256 e. The second kappa shape index (κ2) is 5.62. The predicted molar refractivity (Wildman–Crippen MR) is 91.4 cm³/mol. The number of benzene rings is 2. The Morgan fingerprint density at radius 3 is 2.62 bits per heavy atom. The van der Waals surface area contributed by atoms with Gasteiger partial charge < -0.3 is 10.3 Å². The topological polar surface area (TPSA) is 74.8 Å². The number of ketones is 1. The van der Waals surface area contributed by atoms with Crippen molar-refractivity contribution in [1.29, 1.82) is 0 Å². The van der Waals surface area contributed by atoms with E-state index < -0.39 is 0 Å². The van der Waals surface area contributed by atoms with Gasteiger partial charge in [0.1, 0.15) is 0 Å². The lowest BCUT2D eigenvalue weighted by Gasteiger charge is -2.04. The highest BCUT2D eigenvalue weighted by molar-refractivity contribution is 6.35. The number of anilines is 1. The molecular weight excluding hydrogens is 302 g/mol. The molecule has 0 radical (unpaired) electrons. The second-order valence-corrected chi connectivity index (χ2v) is 5.47. The number of aromatic nitrogens is 2. The first-order valence-corrected chi connectivity index (χ1v) is 7.48. The van der Waals surface area contributed by atoms with E-state index in [2.05, 4.69) is 15.3 Å². The maximum absolute atomic E-state index is 12.5. The van der Waals surface area contributed by atoms with Gasteiger partial charge in [-0.1, -0.05) is 42.5 Å². The molecule has 0 bridgehead atoms. The number of aromatic amines is 1. The molecule has 1 aliphatic heterocycles. The van der Waals surface area contributed by atoms with Crippen molar-refractivity contribution in [2.24, 2.45) is 0 Å². The van der Waals surface area contributed by atoms with Crippen molar-refractivity contribution in [1.82, 2.24) is 9.97 Å². The molecule has 0 fully saturated rings. The summed E-state index contributed by atoms with van der Waals surface area (Å²) in [6.07, 6.45) is 4.94. The number of imidazole rings is 1. The Bertz CT molecular complexity index is 958. The van der Waals surface area contributed by atoms with E-state index in [0.717, 1.165) is 11.3 Å². The number of hydrogen-bond acceptors (Lipinski definition) is 3. The summed E-state index contributed by atoms with van der Waals surface area (Å²) in [4.78, 5) is 31.6. The van der Waals surface area contributed by atoms with Gasteiger partial charge in [0.05, 0.1) is 23.8 Å². The van der Waals surface area contributed by atoms with Gasteiger partial charge in [-0.25, -0.2) is 4.98 Å². The molecule has 3 aromatic rings. The first kappa shape index (κ1) is 14.1. The molecule has 1 aromatic heterocycles. The third-order valence-corrected chi connectivity index (χ3v) is 3.92. The van der Waals surface area contributed by atoms with E-state index >= 15 is 0 Å². The fourth-order valence-corrected chi connectivity index (χ4v) is 2.74. The van der Waals surface area contributed by atoms with Crippen LogP contribution in [0.4, 0.5) is 5.69 Å². The summed E-state index contributed by atoms with van der Waals surface area (Å²) in [5, 5.41) is 2.81. The normalized spacial score (nSPS) is 14.5. The standard InChI is InChI=1S/C19H13N3O2/c23-18(12-4-2-1-3-5-12)13-6-7-15-16(9-14-10-20-11-21-14)19(24)22-17(15)8-13/h1-11H,(H,20,21)(H,22,24)/b16-9-. The van der Waals surface area contributed by atoms with Crippen molar-refractivity contribution < 1.29 is 9.59 Å². The van der Waals surface area contributed by atoms with Crippen LogP contribution in [0, 0.1) is 0 Å². The number of nitrogens with zero attached hydrogens (tertiary/aromatic N) is 1. The van der Waals surface area contributed by atoms with Crippen LogP contribution in [0.2, 0.25) is 0 Å². The molecule has 0 saturated heterocycles. The van der Waals surface area contributed by atoms with E-state index in [-0.39, 0.29) is 11.7 Å². The molecule has 24 heavy (non-hydrogen) atoms. The number of rotatable bonds is 3. The van der Waals surface area contributed by atoms with Gasteiger partial charge in [-0.15, -0.1) is 0 Å². The van der Waals surface area contributed by atoms with E-state index in [9.17, 15) is 9.59 Å². The van der Waals surface area contributed by atoms with Crippen LogP contribution in [0.1, 0.15) is 27.2 Å². The minimum Gasteiger partial charge on any atom is -0.345 e. The van der Waals surface area contributed by atoms with Crippen LogP contribution in [-0.2, 0) is 4.79 Å². The Kier molecular flexibility index (Phi) is 3.31. The zero-order chi connectivity index (χ0) is 16.5. The van der Waals surface area contributed by atoms with Crippen molar-refractivity contribution in [3.8, 4) is 0 Å². The summed E-state index contributed by atoms with van der Waals surface area (Å²) < 4.78 is 0. The maximum atomic E-state index is 12.5. The average Bonchev–Trinajstić information content (AvgIpc) is 3.23. The summed E-state index contributed by atoms with van der Waals surface area (Å²) in [7, 11) is 0. The number of H-pyrrole nitrogens is 1. The maximum Gasteiger partial charge on any atom is 0.256 e. The highest BCUT2D eigenvalue weighted by Gasteiger charge is 2.25. The number of fused-ring (bicyclic) bond motifs is 1. The molecule has 0 aliphatic carbocycles. The van der Waals surface area contributed by atoms with Gasteiger partial charge in [0.25, 0.3) is 5.91 Å². The number of carbonyl (C=O) groups excluding carboxylic acids is 2. The number of carbonyl (C=O) groups is 2. The molecule has 4 rings (SSSR count). The van der Waals surface area contributed by atoms with Gasteiger partial charge in [-0.3, -0.25) is 9.59 Å². The highest BCUT2D eigenvalue weighted by atomic mass is 16.2. The lowest BCUT2D eigenvalue weighted by molar-refractivity contribution is -0.110. The molecule has 2 heterocycles. The Labute approximate surface area is 138 Å². The molecule has 0 spiro atoms. The zero-order valence-electron chi connectivity index (χ0n) is 12.6. The second-order valence-electron chi connectivity index (χ2n) is 5.47. The van der Waals surface area contributed by atoms with Crippen molar-refractivity contribution in [2.75, 3.05) is 5.32 Å². The summed E-state index contributed by atoms with van der Waals surface area (Å²) in [6, 6.07) is 14.3. The monoisotopic (exact) mass is 315 g/mol. The molecular formula is C19H13N3O2. The van der Waals surface area contributed by atoms with Gasteiger partial charge in [-0.05, 0) is 12.1 Å². The van der Waals surface area contributed by atoms with Gasteiger partial charge in [-0.2, -0.15) is 0 Å². The van der Waals surface area contributed by atoms with Crippen LogP contribution >= 0.6 is 0 Å². The third kappa shape index (κ3) is 2.42. The van der Waals surface area contributed by atoms with Gasteiger partial charge >= 0.3 is 0 Å². The average molecular weight is 315 g/mol. The molecule has 0 unspecified atom stereocenters. The highest BCUT2D eigenvalue weighted by Crippen LogP contribution is 2.34. The fourth-order valence-electron chi connectivity index (χ4n) is 2.74. The predicted octanol–water partition coefficient (Wildman–Crippen LogP) is 3.13. The van der Waals surface area contributed by atoms with E-state index in [1.54, 1.807) is 48.9 Å². The van der Waals surface area contributed by atoms with Crippen molar-refractivity contribution in [3.05, 3.63) is 83.4 Å². The summed E-state index contributed by atoms with van der Waals surface area (Å²) in [5.41, 5.74) is 3.88. The molecule has 1 amide bonds. The molecule has 5 nitrogen and oxygen atoms in total. The van der Waals surface area contributed by atoms with Crippen LogP contribution in [0.25, 0.3) is 11.6 Å².